The lowest BCUT2D eigenvalue weighted by molar-refractivity contribution is 0.202. The van der Waals surface area contributed by atoms with Gasteiger partial charge in [0.25, 0.3) is 0 Å². The predicted molar refractivity (Wildman–Crippen MR) is 86.7 cm³/mol. The Bertz CT molecular complexity index is 505. The zero-order valence-electron chi connectivity index (χ0n) is 13.1. The highest BCUT2D eigenvalue weighted by molar-refractivity contribution is 5.74. The topological polar surface area (TPSA) is 61.4 Å². The van der Waals surface area contributed by atoms with Gasteiger partial charge < -0.3 is 15.7 Å². The molecule has 4 heteroatoms. The molecule has 4 nitrogen and oxygen atoms in total. The van der Waals surface area contributed by atoms with E-state index in [0.717, 1.165) is 25.7 Å². The number of benzene rings is 1. The SMILES string of the molecule is O=C(NCC1(CO)CC1)NCC1(c2ccccc2)CCCC1. The molecule has 0 radical (unpaired) electrons. The van der Waals surface area contributed by atoms with E-state index in [1.807, 2.05) is 6.07 Å². The van der Waals surface area contributed by atoms with Crippen LogP contribution in [0, 0.1) is 5.41 Å². The molecule has 1 aromatic carbocycles. The maximum absolute atomic E-state index is 12.1. The van der Waals surface area contributed by atoms with Crippen LogP contribution in [0.3, 0.4) is 0 Å². The zero-order valence-corrected chi connectivity index (χ0v) is 13.1. The van der Waals surface area contributed by atoms with Gasteiger partial charge in [0.05, 0.1) is 6.61 Å². The van der Waals surface area contributed by atoms with Gasteiger partial charge in [-0.25, -0.2) is 4.79 Å². The molecule has 0 aromatic heterocycles. The van der Waals surface area contributed by atoms with Crippen molar-refractivity contribution in [2.45, 2.75) is 43.9 Å². The van der Waals surface area contributed by atoms with Crippen LogP contribution in [0.2, 0.25) is 0 Å². The number of rotatable bonds is 6. The summed E-state index contributed by atoms with van der Waals surface area (Å²) in [5, 5.41) is 15.3. The zero-order chi connectivity index (χ0) is 15.5. The van der Waals surface area contributed by atoms with Gasteiger partial charge in [-0.2, -0.15) is 0 Å². The Morgan fingerprint density at radius 1 is 1.00 bits per heavy atom. The molecule has 0 atom stereocenters. The van der Waals surface area contributed by atoms with E-state index in [0.29, 0.717) is 13.1 Å². The van der Waals surface area contributed by atoms with Crippen molar-refractivity contribution in [1.29, 1.82) is 0 Å². The standard InChI is InChI=1S/C18H26N2O2/c21-14-17(10-11-17)12-19-16(22)20-13-18(8-4-5-9-18)15-6-2-1-3-7-15/h1-3,6-7,21H,4-5,8-14H2,(H2,19,20,22). The normalized spacial score (nSPS) is 21.3. The number of aliphatic hydroxyl groups is 1. The van der Waals surface area contributed by atoms with Crippen LogP contribution in [0.15, 0.2) is 30.3 Å². The molecule has 2 aliphatic rings. The van der Waals surface area contributed by atoms with Crippen LogP contribution in [-0.2, 0) is 5.41 Å². The maximum atomic E-state index is 12.1. The second kappa shape index (κ2) is 6.29. The van der Waals surface area contributed by atoms with Crippen molar-refractivity contribution in [3.63, 3.8) is 0 Å². The van der Waals surface area contributed by atoms with Crippen molar-refractivity contribution < 1.29 is 9.90 Å². The summed E-state index contributed by atoms with van der Waals surface area (Å²) in [6.45, 7) is 1.43. The average Bonchev–Trinajstić information content (AvgIpc) is 3.20. The van der Waals surface area contributed by atoms with Crippen molar-refractivity contribution in [2.24, 2.45) is 5.41 Å². The Morgan fingerprint density at radius 2 is 1.64 bits per heavy atom. The highest BCUT2D eigenvalue weighted by Crippen LogP contribution is 2.44. The summed E-state index contributed by atoms with van der Waals surface area (Å²) in [7, 11) is 0. The molecule has 0 heterocycles. The molecule has 3 N–H and O–H groups in total. The van der Waals surface area contributed by atoms with Gasteiger partial charge in [0.1, 0.15) is 0 Å². The quantitative estimate of drug-likeness (QED) is 0.756. The molecular formula is C18H26N2O2. The van der Waals surface area contributed by atoms with E-state index in [-0.39, 0.29) is 23.5 Å². The number of carbonyl (C=O) groups excluding carboxylic acids is 1. The monoisotopic (exact) mass is 302 g/mol. The third kappa shape index (κ3) is 3.27. The van der Waals surface area contributed by atoms with Crippen molar-refractivity contribution in [2.75, 3.05) is 19.7 Å². The smallest absolute Gasteiger partial charge is 0.314 e. The second-order valence-electron chi connectivity index (χ2n) is 7.05. The minimum Gasteiger partial charge on any atom is -0.396 e. The molecule has 0 unspecified atom stereocenters. The Kier molecular flexibility index (Phi) is 4.39. The first-order chi connectivity index (χ1) is 10.7. The van der Waals surface area contributed by atoms with Gasteiger partial charge in [-0.05, 0) is 31.2 Å². The highest BCUT2D eigenvalue weighted by Gasteiger charge is 2.42. The van der Waals surface area contributed by atoms with Crippen LogP contribution >= 0.6 is 0 Å². The Balaban J connectivity index is 1.55. The number of hydrogen-bond acceptors (Lipinski definition) is 2. The molecule has 0 bridgehead atoms. The van der Waals surface area contributed by atoms with Crippen molar-refractivity contribution in [3.8, 4) is 0 Å². The van der Waals surface area contributed by atoms with E-state index < -0.39 is 0 Å². The Labute approximate surface area is 132 Å². The Hall–Kier alpha value is -1.55. The third-order valence-corrected chi connectivity index (χ3v) is 5.45. The molecule has 2 fully saturated rings. The maximum Gasteiger partial charge on any atom is 0.314 e. The summed E-state index contributed by atoms with van der Waals surface area (Å²) in [6, 6.07) is 10.4. The van der Waals surface area contributed by atoms with E-state index in [1.165, 1.54) is 18.4 Å². The van der Waals surface area contributed by atoms with Crippen molar-refractivity contribution >= 4 is 6.03 Å². The van der Waals surface area contributed by atoms with Crippen molar-refractivity contribution in [1.82, 2.24) is 10.6 Å². The summed E-state index contributed by atoms with van der Waals surface area (Å²) in [5.74, 6) is 0. The van der Waals surface area contributed by atoms with E-state index in [1.54, 1.807) is 0 Å². The fourth-order valence-corrected chi connectivity index (χ4v) is 3.56. The molecule has 3 rings (SSSR count). The molecule has 2 saturated carbocycles. The molecule has 2 amide bonds. The third-order valence-electron chi connectivity index (χ3n) is 5.45. The van der Waals surface area contributed by atoms with Crippen LogP contribution in [0.4, 0.5) is 4.79 Å². The number of carbonyl (C=O) groups is 1. The van der Waals surface area contributed by atoms with Gasteiger partial charge >= 0.3 is 6.03 Å². The largest absolute Gasteiger partial charge is 0.396 e. The van der Waals surface area contributed by atoms with E-state index in [2.05, 4.69) is 34.9 Å². The van der Waals surface area contributed by atoms with Gasteiger partial charge in [-0.15, -0.1) is 0 Å². The first-order valence-corrected chi connectivity index (χ1v) is 8.36. The lowest BCUT2D eigenvalue weighted by Crippen LogP contribution is -2.45. The Morgan fingerprint density at radius 3 is 2.23 bits per heavy atom. The summed E-state index contributed by atoms with van der Waals surface area (Å²) in [5.41, 5.74) is 1.39. The average molecular weight is 302 g/mol. The minimum atomic E-state index is -0.109. The molecule has 120 valence electrons. The second-order valence-corrected chi connectivity index (χ2v) is 7.05. The van der Waals surface area contributed by atoms with Crippen molar-refractivity contribution in [3.05, 3.63) is 35.9 Å². The summed E-state index contributed by atoms with van der Waals surface area (Å²) in [4.78, 5) is 12.1. The van der Waals surface area contributed by atoms with Crippen LogP contribution in [0.25, 0.3) is 0 Å². The van der Waals surface area contributed by atoms with E-state index >= 15 is 0 Å². The van der Waals surface area contributed by atoms with E-state index in [9.17, 15) is 9.90 Å². The number of urea groups is 1. The molecule has 0 aliphatic heterocycles. The van der Waals surface area contributed by atoms with E-state index in [4.69, 9.17) is 0 Å². The highest BCUT2D eigenvalue weighted by atomic mass is 16.3. The molecule has 0 saturated heterocycles. The molecular weight excluding hydrogens is 276 g/mol. The molecule has 0 spiro atoms. The van der Waals surface area contributed by atoms with Crippen LogP contribution in [-0.4, -0.2) is 30.8 Å². The lowest BCUT2D eigenvalue weighted by Gasteiger charge is -2.30. The predicted octanol–water partition coefficient (Wildman–Crippen LogP) is 2.57. The molecule has 2 aliphatic carbocycles. The summed E-state index contributed by atoms with van der Waals surface area (Å²) < 4.78 is 0. The van der Waals surface area contributed by atoms with Gasteiger partial charge in [0.2, 0.25) is 0 Å². The van der Waals surface area contributed by atoms with Gasteiger partial charge in [-0.1, -0.05) is 43.2 Å². The number of amides is 2. The van der Waals surface area contributed by atoms with Crippen LogP contribution in [0.5, 0.6) is 0 Å². The van der Waals surface area contributed by atoms with Crippen LogP contribution in [0.1, 0.15) is 44.1 Å². The summed E-state index contributed by atoms with van der Waals surface area (Å²) >= 11 is 0. The summed E-state index contributed by atoms with van der Waals surface area (Å²) in [6.07, 6.45) is 6.75. The minimum absolute atomic E-state index is 0.0399. The first kappa shape index (κ1) is 15.3. The fourth-order valence-electron chi connectivity index (χ4n) is 3.56. The first-order valence-electron chi connectivity index (χ1n) is 8.36. The number of hydrogen-bond donors (Lipinski definition) is 3. The number of aliphatic hydroxyl groups excluding tert-OH is 1. The van der Waals surface area contributed by atoms with Gasteiger partial charge in [-0.3, -0.25) is 0 Å². The van der Waals surface area contributed by atoms with Gasteiger partial charge in [0, 0.05) is 23.9 Å². The fraction of sp³-hybridized carbons (Fsp3) is 0.611. The van der Waals surface area contributed by atoms with Gasteiger partial charge in [0.15, 0.2) is 0 Å². The van der Waals surface area contributed by atoms with Crippen LogP contribution < -0.4 is 10.6 Å². The molecule has 1 aromatic rings. The molecule has 22 heavy (non-hydrogen) atoms. The number of nitrogens with one attached hydrogen (secondary N) is 2. The lowest BCUT2D eigenvalue weighted by atomic mass is 9.79.